The van der Waals surface area contributed by atoms with E-state index < -0.39 is 13.0 Å². The van der Waals surface area contributed by atoms with Crippen molar-refractivity contribution < 1.29 is 13.5 Å². The van der Waals surface area contributed by atoms with Gasteiger partial charge in [0, 0.05) is 11.8 Å². The Labute approximate surface area is 98.7 Å². The summed E-state index contributed by atoms with van der Waals surface area (Å²) in [6, 6.07) is 0. The van der Waals surface area contributed by atoms with E-state index in [0.29, 0.717) is 18.9 Å². The van der Waals surface area contributed by atoms with Gasteiger partial charge in [-0.05, 0) is 12.3 Å². The van der Waals surface area contributed by atoms with E-state index in [1.807, 2.05) is 5.38 Å². The van der Waals surface area contributed by atoms with E-state index in [1.165, 1.54) is 0 Å². The molecule has 1 unspecified atom stereocenters. The summed E-state index contributed by atoms with van der Waals surface area (Å²) in [5.74, 6) is 0.465. The van der Waals surface area contributed by atoms with Crippen LogP contribution in [-0.4, -0.2) is 24.6 Å². The summed E-state index contributed by atoms with van der Waals surface area (Å²) in [4.78, 5) is 4.45. The minimum absolute atomic E-state index is 0.317. The highest BCUT2D eigenvalue weighted by Gasteiger charge is 2.08. The van der Waals surface area contributed by atoms with Crippen LogP contribution in [-0.2, 0) is 11.2 Å². The summed E-state index contributed by atoms with van der Waals surface area (Å²) in [6.07, 6.45) is -0.703. The van der Waals surface area contributed by atoms with Crippen molar-refractivity contribution in [3.8, 4) is 0 Å². The molecule has 0 N–H and O–H groups in total. The van der Waals surface area contributed by atoms with Crippen LogP contribution in [0.25, 0.3) is 0 Å². The van der Waals surface area contributed by atoms with E-state index in [1.54, 1.807) is 11.3 Å². The van der Waals surface area contributed by atoms with Crippen LogP contribution in [0.5, 0.6) is 0 Å². The topological polar surface area (TPSA) is 22.1 Å². The number of aromatic nitrogens is 1. The molecule has 0 aromatic carbocycles. The lowest BCUT2D eigenvalue weighted by Gasteiger charge is -2.03. The van der Waals surface area contributed by atoms with Gasteiger partial charge in [0.2, 0.25) is 0 Å². The lowest BCUT2D eigenvalue weighted by Crippen LogP contribution is -2.07. The molecule has 1 aromatic heterocycles. The van der Waals surface area contributed by atoms with E-state index >= 15 is 0 Å². The normalized spacial score (nSPS) is 13.3. The molecule has 1 atom stereocenters. The van der Waals surface area contributed by atoms with Crippen molar-refractivity contribution in [3.63, 3.8) is 0 Å². The molecule has 92 valence electrons. The maximum atomic E-state index is 11.8. The average molecular weight is 249 g/mol. The fraction of sp³-hybridized carbons (Fsp3) is 0.727. The second-order valence-electron chi connectivity index (χ2n) is 3.69. The van der Waals surface area contributed by atoms with Gasteiger partial charge in [0.05, 0.1) is 17.3 Å². The SMILES string of the molecule is CCC(C)c1csc(CCOCC(F)F)n1. The first kappa shape index (κ1) is 13.5. The van der Waals surface area contributed by atoms with E-state index in [9.17, 15) is 8.78 Å². The van der Waals surface area contributed by atoms with Crippen LogP contribution in [0, 0.1) is 0 Å². The smallest absolute Gasteiger partial charge is 0.261 e. The van der Waals surface area contributed by atoms with Crippen LogP contribution in [0.15, 0.2) is 5.38 Å². The quantitative estimate of drug-likeness (QED) is 0.690. The zero-order valence-electron chi connectivity index (χ0n) is 9.58. The monoisotopic (exact) mass is 249 g/mol. The van der Waals surface area contributed by atoms with Crippen molar-refractivity contribution in [2.75, 3.05) is 13.2 Å². The Bertz CT molecular complexity index is 304. The Hall–Kier alpha value is -0.550. The Morgan fingerprint density at radius 1 is 1.50 bits per heavy atom. The highest BCUT2D eigenvalue weighted by molar-refractivity contribution is 7.09. The summed E-state index contributed by atoms with van der Waals surface area (Å²) in [7, 11) is 0. The van der Waals surface area contributed by atoms with Crippen LogP contribution >= 0.6 is 11.3 Å². The van der Waals surface area contributed by atoms with Crippen molar-refractivity contribution in [2.45, 2.75) is 39.0 Å². The first-order valence-corrected chi connectivity index (χ1v) is 6.31. The minimum atomic E-state index is -2.38. The molecule has 16 heavy (non-hydrogen) atoms. The third-order valence-electron chi connectivity index (χ3n) is 2.39. The Kier molecular flexibility index (Phi) is 5.84. The van der Waals surface area contributed by atoms with Crippen LogP contribution < -0.4 is 0 Å². The molecule has 0 aliphatic heterocycles. The average Bonchev–Trinajstić information content (AvgIpc) is 2.71. The summed E-state index contributed by atoms with van der Waals surface area (Å²) in [5.41, 5.74) is 1.09. The molecule has 0 aliphatic rings. The molecule has 0 radical (unpaired) electrons. The third-order valence-corrected chi connectivity index (χ3v) is 3.32. The van der Waals surface area contributed by atoms with Gasteiger partial charge in [-0.15, -0.1) is 11.3 Å². The Morgan fingerprint density at radius 2 is 2.25 bits per heavy atom. The third kappa shape index (κ3) is 4.53. The lowest BCUT2D eigenvalue weighted by molar-refractivity contribution is 0.0187. The number of hydrogen-bond donors (Lipinski definition) is 0. The highest BCUT2D eigenvalue weighted by atomic mass is 32.1. The summed E-state index contributed by atoms with van der Waals surface area (Å²) >= 11 is 1.57. The molecule has 0 spiro atoms. The summed E-state index contributed by atoms with van der Waals surface area (Å²) in [6.45, 7) is 4.09. The van der Waals surface area contributed by atoms with Gasteiger partial charge in [0.25, 0.3) is 6.43 Å². The van der Waals surface area contributed by atoms with Crippen molar-refractivity contribution in [2.24, 2.45) is 0 Å². The lowest BCUT2D eigenvalue weighted by atomic mass is 10.1. The fourth-order valence-corrected chi connectivity index (χ4v) is 2.11. The van der Waals surface area contributed by atoms with Gasteiger partial charge in [0.1, 0.15) is 6.61 Å². The van der Waals surface area contributed by atoms with E-state index in [-0.39, 0.29) is 0 Å². The summed E-state index contributed by atoms with van der Waals surface area (Å²) < 4.78 is 28.4. The van der Waals surface area contributed by atoms with E-state index in [4.69, 9.17) is 4.74 Å². The van der Waals surface area contributed by atoms with Crippen molar-refractivity contribution >= 4 is 11.3 Å². The first-order valence-electron chi connectivity index (χ1n) is 5.43. The van der Waals surface area contributed by atoms with E-state index in [0.717, 1.165) is 17.1 Å². The number of ether oxygens (including phenoxy) is 1. The summed E-state index contributed by atoms with van der Waals surface area (Å²) in [5, 5.41) is 3.00. The molecule has 0 saturated heterocycles. The molecule has 5 heteroatoms. The van der Waals surface area contributed by atoms with Crippen LogP contribution in [0.2, 0.25) is 0 Å². The number of thiazole rings is 1. The van der Waals surface area contributed by atoms with Gasteiger partial charge in [-0.2, -0.15) is 0 Å². The maximum absolute atomic E-state index is 11.8. The highest BCUT2D eigenvalue weighted by Crippen LogP contribution is 2.21. The molecule has 2 nitrogen and oxygen atoms in total. The molecular weight excluding hydrogens is 232 g/mol. The molecule has 1 heterocycles. The number of halogens is 2. The number of rotatable bonds is 7. The largest absolute Gasteiger partial charge is 0.375 e. The van der Waals surface area contributed by atoms with Gasteiger partial charge < -0.3 is 4.74 Å². The number of nitrogens with zero attached hydrogens (tertiary/aromatic N) is 1. The first-order chi connectivity index (χ1) is 7.63. The van der Waals surface area contributed by atoms with Crippen LogP contribution in [0.3, 0.4) is 0 Å². The molecule has 0 bridgehead atoms. The number of alkyl halides is 2. The maximum Gasteiger partial charge on any atom is 0.261 e. The standard InChI is InChI=1S/C11H17F2NOS/c1-3-8(2)9-7-16-11(14-9)4-5-15-6-10(12)13/h7-8,10H,3-6H2,1-2H3. The molecule has 0 fully saturated rings. The molecular formula is C11H17F2NOS. The Balaban J connectivity index is 2.29. The molecule has 0 amide bonds. The second-order valence-corrected chi connectivity index (χ2v) is 4.63. The van der Waals surface area contributed by atoms with Gasteiger partial charge in [-0.1, -0.05) is 13.8 Å². The molecule has 0 aliphatic carbocycles. The van der Waals surface area contributed by atoms with Crippen molar-refractivity contribution in [1.29, 1.82) is 0 Å². The molecule has 0 saturated carbocycles. The predicted octanol–water partition coefficient (Wildman–Crippen LogP) is 3.48. The van der Waals surface area contributed by atoms with Gasteiger partial charge >= 0.3 is 0 Å². The van der Waals surface area contributed by atoms with Gasteiger partial charge in [-0.3, -0.25) is 0 Å². The zero-order chi connectivity index (χ0) is 12.0. The van der Waals surface area contributed by atoms with Crippen molar-refractivity contribution in [1.82, 2.24) is 4.98 Å². The van der Waals surface area contributed by atoms with Crippen molar-refractivity contribution in [3.05, 3.63) is 16.1 Å². The Morgan fingerprint density at radius 3 is 2.88 bits per heavy atom. The second kappa shape index (κ2) is 6.91. The van der Waals surface area contributed by atoms with Crippen LogP contribution in [0.4, 0.5) is 8.78 Å². The molecule has 1 rings (SSSR count). The minimum Gasteiger partial charge on any atom is -0.375 e. The van der Waals surface area contributed by atoms with Gasteiger partial charge in [0.15, 0.2) is 0 Å². The van der Waals surface area contributed by atoms with Gasteiger partial charge in [-0.25, -0.2) is 13.8 Å². The zero-order valence-corrected chi connectivity index (χ0v) is 10.4. The molecule has 1 aromatic rings. The number of hydrogen-bond acceptors (Lipinski definition) is 3. The predicted molar refractivity (Wildman–Crippen MR) is 61.3 cm³/mol. The van der Waals surface area contributed by atoms with Crippen LogP contribution in [0.1, 0.15) is 36.9 Å². The fourth-order valence-electron chi connectivity index (χ4n) is 1.21. The van der Waals surface area contributed by atoms with E-state index in [2.05, 4.69) is 18.8 Å².